The highest BCUT2D eigenvalue weighted by Gasteiger charge is 2.46. The van der Waals surface area contributed by atoms with E-state index in [0.717, 1.165) is 50.5 Å². The van der Waals surface area contributed by atoms with Gasteiger partial charge < -0.3 is 9.64 Å². The summed E-state index contributed by atoms with van der Waals surface area (Å²) in [6.45, 7) is 10.3. The van der Waals surface area contributed by atoms with Gasteiger partial charge in [-0.1, -0.05) is 43.7 Å². The number of rotatable bonds is 5. The van der Waals surface area contributed by atoms with Gasteiger partial charge in [-0.2, -0.15) is 0 Å². The summed E-state index contributed by atoms with van der Waals surface area (Å²) in [7, 11) is 1.72. The molecule has 1 spiro atoms. The lowest BCUT2D eigenvalue weighted by Gasteiger charge is -2.40. The Hall–Kier alpha value is -2.33. The number of hydrogen-bond acceptors (Lipinski definition) is 3. The van der Waals surface area contributed by atoms with Crippen LogP contribution in [0.2, 0.25) is 0 Å². The molecule has 0 N–H and O–H groups in total. The number of piperidine rings is 1. The van der Waals surface area contributed by atoms with Crippen LogP contribution >= 0.6 is 0 Å². The van der Waals surface area contributed by atoms with E-state index < -0.39 is 0 Å². The van der Waals surface area contributed by atoms with E-state index in [-0.39, 0.29) is 11.3 Å². The number of hydrogen-bond donors (Lipinski definition) is 0. The SMILES string of the molecule is COc1ccc2c(c1)C1(CCN(Cc3ccc(C)cc3)CC1)CN2C(=O)CC(C)C. The molecule has 1 saturated heterocycles. The van der Waals surface area contributed by atoms with Crippen molar-refractivity contribution in [3.8, 4) is 5.75 Å². The first-order valence-corrected chi connectivity index (χ1v) is 11.2. The van der Waals surface area contributed by atoms with Crippen LogP contribution in [0.4, 0.5) is 5.69 Å². The predicted molar refractivity (Wildman–Crippen MR) is 122 cm³/mol. The monoisotopic (exact) mass is 406 g/mol. The van der Waals surface area contributed by atoms with Gasteiger partial charge >= 0.3 is 0 Å². The Labute approximate surface area is 180 Å². The highest BCUT2D eigenvalue weighted by Crippen LogP contribution is 2.48. The van der Waals surface area contributed by atoms with Crippen molar-refractivity contribution in [2.45, 2.75) is 52.0 Å². The van der Waals surface area contributed by atoms with Crippen molar-refractivity contribution in [3.05, 3.63) is 59.2 Å². The van der Waals surface area contributed by atoms with Gasteiger partial charge in [0.15, 0.2) is 0 Å². The van der Waals surface area contributed by atoms with E-state index in [4.69, 9.17) is 4.74 Å². The summed E-state index contributed by atoms with van der Waals surface area (Å²) in [5, 5.41) is 0. The molecule has 2 aliphatic heterocycles. The van der Waals surface area contributed by atoms with Gasteiger partial charge in [-0.15, -0.1) is 0 Å². The average Bonchev–Trinajstić information content (AvgIpc) is 3.04. The second kappa shape index (κ2) is 8.43. The molecule has 160 valence electrons. The normalized spacial score (nSPS) is 18.1. The quantitative estimate of drug-likeness (QED) is 0.706. The average molecular weight is 407 g/mol. The van der Waals surface area contributed by atoms with Crippen LogP contribution in [0.15, 0.2) is 42.5 Å². The number of amides is 1. The highest BCUT2D eigenvalue weighted by molar-refractivity contribution is 5.96. The molecule has 0 saturated carbocycles. The number of nitrogens with zero attached hydrogens (tertiary/aromatic N) is 2. The molecular weight excluding hydrogens is 372 g/mol. The van der Waals surface area contributed by atoms with Gasteiger partial charge in [0.05, 0.1) is 7.11 Å². The Kier molecular flexibility index (Phi) is 5.88. The van der Waals surface area contributed by atoms with Crippen molar-refractivity contribution in [2.24, 2.45) is 5.92 Å². The van der Waals surface area contributed by atoms with Gasteiger partial charge in [-0.25, -0.2) is 0 Å². The lowest BCUT2D eigenvalue weighted by Crippen LogP contribution is -2.45. The van der Waals surface area contributed by atoms with Crippen LogP contribution in [0, 0.1) is 12.8 Å². The fourth-order valence-electron chi connectivity index (χ4n) is 4.98. The van der Waals surface area contributed by atoms with Gasteiger partial charge in [-0.3, -0.25) is 9.69 Å². The molecule has 4 heteroatoms. The van der Waals surface area contributed by atoms with Gasteiger partial charge in [0.2, 0.25) is 5.91 Å². The summed E-state index contributed by atoms with van der Waals surface area (Å²) >= 11 is 0. The predicted octanol–water partition coefficient (Wildman–Crippen LogP) is 4.93. The summed E-state index contributed by atoms with van der Waals surface area (Å²) in [4.78, 5) is 17.6. The highest BCUT2D eigenvalue weighted by atomic mass is 16.5. The smallest absolute Gasteiger partial charge is 0.227 e. The van der Waals surface area contributed by atoms with E-state index in [2.05, 4.69) is 62.1 Å². The van der Waals surface area contributed by atoms with Crippen molar-refractivity contribution in [1.29, 1.82) is 0 Å². The first-order chi connectivity index (χ1) is 14.4. The molecule has 0 unspecified atom stereocenters. The molecule has 2 heterocycles. The van der Waals surface area contributed by atoms with E-state index in [9.17, 15) is 4.79 Å². The van der Waals surface area contributed by atoms with Crippen LogP contribution in [0.3, 0.4) is 0 Å². The Balaban J connectivity index is 1.53. The van der Waals surface area contributed by atoms with E-state index in [0.29, 0.717) is 12.3 Å². The number of aryl methyl sites for hydroxylation is 1. The van der Waals surface area contributed by atoms with Crippen molar-refractivity contribution in [1.82, 2.24) is 4.90 Å². The molecule has 0 aliphatic carbocycles. The van der Waals surface area contributed by atoms with Gasteiger partial charge in [-0.05, 0) is 68.1 Å². The maximum absolute atomic E-state index is 13.0. The molecule has 0 radical (unpaired) electrons. The molecule has 0 atom stereocenters. The van der Waals surface area contributed by atoms with Crippen LogP contribution in [0.1, 0.15) is 49.8 Å². The van der Waals surface area contributed by atoms with Crippen LogP contribution < -0.4 is 9.64 Å². The summed E-state index contributed by atoms with van der Waals surface area (Å²) in [6, 6.07) is 15.1. The minimum Gasteiger partial charge on any atom is -0.497 e. The summed E-state index contributed by atoms with van der Waals surface area (Å²) in [6.07, 6.45) is 2.75. The summed E-state index contributed by atoms with van der Waals surface area (Å²) in [5.74, 6) is 1.50. The van der Waals surface area contributed by atoms with Gasteiger partial charge in [0.25, 0.3) is 0 Å². The van der Waals surface area contributed by atoms with E-state index in [1.54, 1.807) is 7.11 Å². The zero-order valence-corrected chi connectivity index (χ0v) is 18.8. The number of benzene rings is 2. The minimum absolute atomic E-state index is 0.0420. The standard InChI is InChI=1S/C26H34N2O2/c1-19(2)15-25(29)28-18-26(23-16-22(30-4)9-10-24(23)28)11-13-27(14-12-26)17-21-7-5-20(3)6-8-21/h5-10,16,19H,11-15,17-18H2,1-4H3. The number of ether oxygens (including phenoxy) is 1. The molecule has 0 bridgehead atoms. The second-order valence-corrected chi connectivity index (χ2v) is 9.50. The van der Waals surface area contributed by atoms with E-state index in [1.807, 2.05) is 11.0 Å². The first kappa shape index (κ1) is 20.9. The maximum atomic E-state index is 13.0. The molecule has 4 nitrogen and oxygen atoms in total. The molecular formula is C26H34N2O2. The molecule has 2 aliphatic rings. The second-order valence-electron chi connectivity index (χ2n) is 9.50. The van der Waals surface area contributed by atoms with Crippen molar-refractivity contribution >= 4 is 11.6 Å². The third kappa shape index (κ3) is 4.11. The van der Waals surface area contributed by atoms with Gasteiger partial charge in [0, 0.05) is 30.6 Å². The van der Waals surface area contributed by atoms with E-state index >= 15 is 0 Å². The fourth-order valence-corrected chi connectivity index (χ4v) is 4.98. The fraction of sp³-hybridized carbons (Fsp3) is 0.500. The molecule has 2 aromatic rings. The maximum Gasteiger partial charge on any atom is 0.227 e. The van der Waals surface area contributed by atoms with Crippen molar-refractivity contribution in [2.75, 3.05) is 31.6 Å². The molecule has 4 rings (SSSR count). The number of anilines is 1. The Bertz CT molecular complexity index is 896. The topological polar surface area (TPSA) is 32.8 Å². The number of methoxy groups -OCH3 is 1. The number of carbonyl (C=O) groups excluding carboxylic acids is 1. The third-order valence-corrected chi connectivity index (χ3v) is 6.75. The van der Waals surface area contributed by atoms with E-state index in [1.165, 1.54) is 16.7 Å². The van der Waals surface area contributed by atoms with Gasteiger partial charge in [0.1, 0.15) is 5.75 Å². The first-order valence-electron chi connectivity index (χ1n) is 11.2. The molecule has 1 amide bonds. The Morgan fingerprint density at radius 1 is 1.10 bits per heavy atom. The third-order valence-electron chi connectivity index (χ3n) is 6.75. The van der Waals surface area contributed by atoms with Crippen molar-refractivity contribution in [3.63, 3.8) is 0 Å². The molecule has 1 fully saturated rings. The summed E-state index contributed by atoms with van der Waals surface area (Å²) < 4.78 is 5.53. The molecule has 2 aromatic carbocycles. The molecule has 30 heavy (non-hydrogen) atoms. The zero-order chi connectivity index (χ0) is 21.3. The zero-order valence-electron chi connectivity index (χ0n) is 18.8. The minimum atomic E-state index is 0.0420. The van der Waals surface area contributed by atoms with Crippen LogP contribution in [0.5, 0.6) is 5.75 Å². The largest absolute Gasteiger partial charge is 0.497 e. The lowest BCUT2D eigenvalue weighted by atomic mass is 9.74. The number of fused-ring (bicyclic) bond motifs is 2. The summed E-state index contributed by atoms with van der Waals surface area (Å²) in [5.41, 5.74) is 5.11. The number of likely N-dealkylation sites (tertiary alicyclic amines) is 1. The Morgan fingerprint density at radius 3 is 2.43 bits per heavy atom. The van der Waals surface area contributed by atoms with Crippen LogP contribution in [0.25, 0.3) is 0 Å². The Morgan fingerprint density at radius 2 is 1.80 bits per heavy atom. The van der Waals surface area contributed by atoms with Crippen LogP contribution in [-0.4, -0.2) is 37.6 Å². The van der Waals surface area contributed by atoms with Crippen LogP contribution in [-0.2, 0) is 16.8 Å². The lowest BCUT2D eigenvalue weighted by molar-refractivity contribution is -0.119. The molecule has 0 aromatic heterocycles. The van der Waals surface area contributed by atoms with Crippen molar-refractivity contribution < 1.29 is 9.53 Å². The number of carbonyl (C=O) groups is 1.